The first kappa shape index (κ1) is 13.2. The molecule has 3 rings (SSSR count). The monoisotopic (exact) mass is 261 g/mol. The lowest BCUT2D eigenvalue weighted by Crippen LogP contribution is -2.33. The highest BCUT2D eigenvalue weighted by atomic mass is 15.3. The fourth-order valence-electron chi connectivity index (χ4n) is 4.11. The Kier molecular flexibility index (Phi) is 4.24. The van der Waals surface area contributed by atoms with Crippen molar-refractivity contribution in [3.05, 3.63) is 11.8 Å². The van der Waals surface area contributed by atoms with E-state index in [9.17, 15) is 0 Å². The van der Waals surface area contributed by atoms with Gasteiger partial charge in [-0.15, -0.1) is 0 Å². The van der Waals surface area contributed by atoms with Crippen LogP contribution in [0.2, 0.25) is 0 Å². The van der Waals surface area contributed by atoms with Crippen LogP contribution in [0, 0.1) is 0 Å². The van der Waals surface area contributed by atoms with Gasteiger partial charge >= 0.3 is 0 Å². The van der Waals surface area contributed by atoms with Gasteiger partial charge in [-0.2, -0.15) is 0 Å². The molecule has 0 amide bonds. The fraction of sp³-hybridized carbons (Fsp3) is 0.824. The summed E-state index contributed by atoms with van der Waals surface area (Å²) in [6, 6.07) is 1.60. The molecular formula is C17H29N2+. The SMILES string of the molecule is C/C=C1\C[N+](C2CCCCC2)=CN1C1CCCCC1. The molecule has 0 saturated heterocycles. The zero-order valence-electron chi connectivity index (χ0n) is 12.5. The molecule has 0 bridgehead atoms. The van der Waals surface area contributed by atoms with Crippen LogP contribution in [-0.2, 0) is 0 Å². The van der Waals surface area contributed by atoms with E-state index in [1.165, 1.54) is 64.2 Å². The number of allylic oxidation sites excluding steroid dienone is 1. The van der Waals surface area contributed by atoms with E-state index in [0.717, 1.165) is 18.6 Å². The molecule has 106 valence electrons. The minimum Gasteiger partial charge on any atom is -0.257 e. The van der Waals surface area contributed by atoms with Gasteiger partial charge in [-0.05, 0) is 64.4 Å². The summed E-state index contributed by atoms with van der Waals surface area (Å²) in [5.74, 6) is 0. The Morgan fingerprint density at radius 3 is 2.26 bits per heavy atom. The maximum absolute atomic E-state index is 2.64. The molecule has 0 unspecified atom stereocenters. The highest BCUT2D eigenvalue weighted by molar-refractivity contribution is 5.56. The van der Waals surface area contributed by atoms with E-state index in [1.807, 2.05) is 0 Å². The number of hydrogen-bond acceptors (Lipinski definition) is 1. The molecule has 2 nitrogen and oxygen atoms in total. The van der Waals surface area contributed by atoms with Gasteiger partial charge in [0.05, 0.1) is 6.04 Å². The van der Waals surface area contributed by atoms with Crippen LogP contribution in [0.25, 0.3) is 0 Å². The van der Waals surface area contributed by atoms with Gasteiger partial charge in [0.25, 0.3) is 0 Å². The topological polar surface area (TPSA) is 6.25 Å². The quantitative estimate of drug-likeness (QED) is 0.683. The Morgan fingerprint density at radius 1 is 1.00 bits per heavy atom. The second-order valence-electron chi connectivity index (χ2n) is 6.56. The van der Waals surface area contributed by atoms with Crippen LogP contribution in [-0.4, -0.2) is 34.4 Å². The van der Waals surface area contributed by atoms with E-state index in [4.69, 9.17) is 0 Å². The summed E-state index contributed by atoms with van der Waals surface area (Å²) in [5.41, 5.74) is 1.55. The molecular weight excluding hydrogens is 232 g/mol. The summed E-state index contributed by atoms with van der Waals surface area (Å²) in [5, 5.41) is 0. The molecule has 2 aliphatic carbocycles. The number of hydrogen-bond donors (Lipinski definition) is 0. The lowest BCUT2D eigenvalue weighted by atomic mass is 9.94. The second-order valence-corrected chi connectivity index (χ2v) is 6.56. The Morgan fingerprint density at radius 2 is 1.63 bits per heavy atom. The normalized spacial score (nSPS) is 29.0. The van der Waals surface area contributed by atoms with Crippen LogP contribution >= 0.6 is 0 Å². The average molecular weight is 261 g/mol. The number of nitrogens with zero attached hydrogens (tertiary/aromatic N) is 2. The van der Waals surface area contributed by atoms with Crippen molar-refractivity contribution in [2.75, 3.05) is 6.54 Å². The zero-order valence-corrected chi connectivity index (χ0v) is 12.5. The molecule has 3 aliphatic rings. The van der Waals surface area contributed by atoms with Crippen molar-refractivity contribution >= 4 is 6.34 Å². The summed E-state index contributed by atoms with van der Waals surface area (Å²) in [6.07, 6.45) is 19.0. The minimum atomic E-state index is 0.786. The van der Waals surface area contributed by atoms with Gasteiger partial charge in [0.2, 0.25) is 6.34 Å². The largest absolute Gasteiger partial charge is 0.257 e. The van der Waals surface area contributed by atoms with Gasteiger partial charge in [0.1, 0.15) is 18.3 Å². The van der Waals surface area contributed by atoms with E-state index >= 15 is 0 Å². The van der Waals surface area contributed by atoms with Gasteiger partial charge in [-0.1, -0.05) is 12.8 Å². The van der Waals surface area contributed by atoms with Crippen molar-refractivity contribution in [1.82, 2.24) is 4.90 Å². The standard InChI is InChI=1S/C17H29N2/c1-2-15-13-18(16-9-5-3-6-10-16)14-19(15)17-11-7-4-8-12-17/h2,14,16-17H,3-13H2,1H3/q+1/b15-2+. The summed E-state index contributed by atoms with van der Waals surface area (Å²) >= 11 is 0. The van der Waals surface area contributed by atoms with Crippen LogP contribution in [0.4, 0.5) is 0 Å². The third kappa shape index (κ3) is 2.88. The van der Waals surface area contributed by atoms with Crippen LogP contribution in [0.1, 0.15) is 71.1 Å². The van der Waals surface area contributed by atoms with E-state index in [2.05, 4.69) is 28.8 Å². The fourth-order valence-corrected chi connectivity index (χ4v) is 4.11. The van der Waals surface area contributed by atoms with E-state index in [-0.39, 0.29) is 0 Å². The zero-order chi connectivity index (χ0) is 13.1. The van der Waals surface area contributed by atoms with Gasteiger partial charge in [-0.25, -0.2) is 4.90 Å². The molecule has 19 heavy (non-hydrogen) atoms. The van der Waals surface area contributed by atoms with E-state index < -0.39 is 0 Å². The van der Waals surface area contributed by atoms with E-state index in [1.54, 1.807) is 5.70 Å². The molecule has 1 aliphatic heterocycles. The third-order valence-electron chi connectivity index (χ3n) is 5.29. The Labute approximate surface area is 118 Å². The first-order chi connectivity index (χ1) is 9.38. The average Bonchev–Trinajstić information content (AvgIpc) is 2.93. The van der Waals surface area contributed by atoms with Crippen LogP contribution < -0.4 is 0 Å². The molecule has 0 radical (unpaired) electrons. The second kappa shape index (κ2) is 6.11. The summed E-state index contributed by atoms with van der Waals surface area (Å²) in [4.78, 5) is 2.62. The molecule has 0 aromatic rings. The smallest absolute Gasteiger partial charge is 0.240 e. The lowest BCUT2D eigenvalue weighted by molar-refractivity contribution is -0.553. The Balaban J connectivity index is 1.72. The van der Waals surface area contributed by atoms with Gasteiger partial charge < -0.3 is 0 Å². The molecule has 0 aromatic carbocycles. The highest BCUT2D eigenvalue weighted by Gasteiger charge is 2.35. The molecule has 0 aromatic heterocycles. The van der Waals surface area contributed by atoms with Crippen LogP contribution in [0.15, 0.2) is 11.8 Å². The van der Waals surface area contributed by atoms with Crippen molar-refractivity contribution in [2.45, 2.75) is 83.2 Å². The van der Waals surface area contributed by atoms with E-state index in [0.29, 0.717) is 0 Å². The third-order valence-corrected chi connectivity index (χ3v) is 5.29. The van der Waals surface area contributed by atoms with Gasteiger partial charge in [0, 0.05) is 0 Å². The van der Waals surface area contributed by atoms with Gasteiger partial charge in [0.15, 0.2) is 0 Å². The first-order valence-corrected chi connectivity index (χ1v) is 8.43. The van der Waals surface area contributed by atoms with Crippen LogP contribution in [0.3, 0.4) is 0 Å². The predicted molar refractivity (Wildman–Crippen MR) is 80.5 cm³/mol. The van der Waals surface area contributed by atoms with Crippen molar-refractivity contribution in [3.63, 3.8) is 0 Å². The Bertz CT molecular complexity index is 357. The molecule has 2 fully saturated rings. The first-order valence-electron chi connectivity index (χ1n) is 8.43. The van der Waals surface area contributed by atoms with Crippen molar-refractivity contribution in [1.29, 1.82) is 0 Å². The minimum absolute atomic E-state index is 0.786. The molecule has 0 N–H and O–H groups in total. The molecule has 2 saturated carbocycles. The van der Waals surface area contributed by atoms with Crippen LogP contribution in [0.5, 0.6) is 0 Å². The van der Waals surface area contributed by atoms with Crippen molar-refractivity contribution < 1.29 is 4.58 Å². The molecule has 1 heterocycles. The predicted octanol–water partition coefficient (Wildman–Crippen LogP) is 3.91. The Hall–Kier alpha value is -0.790. The van der Waals surface area contributed by atoms with Crippen molar-refractivity contribution in [2.24, 2.45) is 0 Å². The lowest BCUT2D eigenvalue weighted by Gasteiger charge is -2.25. The highest BCUT2D eigenvalue weighted by Crippen LogP contribution is 2.28. The summed E-state index contributed by atoms with van der Waals surface area (Å²) in [6.45, 7) is 3.38. The van der Waals surface area contributed by atoms with Gasteiger partial charge in [-0.3, -0.25) is 4.58 Å². The number of rotatable bonds is 2. The molecule has 0 spiro atoms. The summed E-state index contributed by atoms with van der Waals surface area (Å²) < 4.78 is 2.64. The van der Waals surface area contributed by atoms with Crippen molar-refractivity contribution in [3.8, 4) is 0 Å². The maximum Gasteiger partial charge on any atom is 0.240 e. The maximum atomic E-state index is 2.64. The molecule has 0 atom stereocenters. The summed E-state index contributed by atoms with van der Waals surface area (Å²) in [7, 11) is 0. The molecule has 2 heteroatoms.